The van der Waals surface area contributed by atoms with Crippen LogP contribution in [0.15, 0.2) is 41.6 Å². The maximum absolute atomic E-state index is 6.04. The summed E-state index contributed by atoms with van der Waals surface area (Å²) < 4.78 is 0. The standard InChI is InChI=1S/C21H33N5.C3H6/c1-15-11-18-5-6-23-14-19(18)13-20(15)21(24-17(3)22)12-16(2)26-9-7-25(4)8-10-26;1-3-2/h11-13,17,23H,5-10,14,22H2,1-4H3;3H,1H2,2H3/b16-12+,24-21+;. The second kappa shape index (κ2) is 11.3. The summed E-state index contributed by atoms with van der Waals surface area (Å²) in [4.78, 5) is 9.59. The van der Waals surface area contributed by atoms with Crippen molar-refractivity contribution in [1.29, 1.82) is 0 Å². The molecule has 0 amide bonds. The second-order valence-corrected chi connectivity index (χ2v) is 8.10. The largest absolute Gasteiger partial charge is 0.372 e. The average Bonchev–Trinajstić information content (AvgIpc) is 2.67. The minimum atomic E-state index is -0.213. The molecule has 3 rings (SSSR count). The number of nitrogens with two attached hydrogens (primary N) is 1. The fraction of sp³-hybridized carbons (Fsp3) is 0.542. The third-order valence-electron chi connectivity index (χ3n) is 5.40. The van der Waals surface area contributed by atoms with Gasteiger partial charge in [-0.1, -0.05) is 12.1 Å². The van der Waals surface area contributed by atoms with Gasteiger partial charge in [0.1, 0.15) is 0 Å². The first-order valence-electron chi connectivity index (χ1n) is 10.7. The molecule has 3 N–H and O–H groups in total. The van der Waals surface area contributed by atoms with E-state index in [4.69, 9.17) is 10.7 Å². The van der Waals surface area contributed by atoms with Crippen molar-refractivity contribution in [2.24, 2.45) is 10.7 Å². The minimum Gasteiger partial charge on any atom is -0.372 e. The van der Waals surface area contributed by atoms with Crippen molar-refractivity contribution in [2.75, 3.05) is 39.8 Å². The zero-order valence-electron chi connectivity index (χ0n) is 19.0. The number of fused-ring (bicyclic) bond motifs is 1. The molecule has 1 fully saturated rings. The number of rotatable bonds is 4. The maximum atomic E-state index is 6.04. The van der Waals surface area contributed by atoms with E-state index in [0.29, 0.717) is 0 Å². The SMILES string of the molecule is C/C(=C\C(=N/C(C)N)c1cc2c(cc1C)CCNC2)N1CCN(C)CC1.C=CC. The van der Waals surface area contributed by atoms with Gasteiger partial charge in [-0.2, -0.15) is 0 Å². The van der Waals surface area contributed by atoms with E-state index in [2.05, 4.69) is 60.8 Å². The van der Waals surface area contributed by atoms with Gasteiger partial charge in [-0.3, -0.25) is 4.99 Å². The Morgan fingerprint density at radius 1 is 1.24 bits per heavy atom. The summed E-state index contributed by atoms with van der Waals surface area (Å²) in [7, 11) is 2.18. The Kier molecular flexibility index (Phi) is 9.08. The van der Waals surface area contributed by atoms with E-state index in [1.165, 1.54) is 28.0 Å². The predicted molar refractivity (Wildman–Crippen MR) is 125 cm³/mol. The summed E-state index contributed by atoms with van der Waals surface area (Å²) in [5, 5.41) is 3.47. The third kappa shape index (κ3) is 6.81. The number of nitrogens with zero attached hydrogens (tertiary/aromatic N) is 3. The third-order valence-corrected chi connectivity index (χ3v) is 5.40. The highest BCUT2D eigenvalue weighted by Gasteiger charge is 2.17. The van der Waals surface area contributed by atoms with E-state index < -0.39 is 0 Å². The lowest BCUT2D eigenvalue weighted by Crippen LogP contribution is -2.43. The number of aryl methyl sites for hydroxylation is 1. The number of allylic oxidation sites excluding steroid dienone is 3. The van der Waals surface area contributed by atoms with Gasteiger partial charge in [-0.05, 0) is 76.5 Å². The Morgan fingerprint density at radius 3 is 2.52 bits per heavy atom. The first-order chi connectivity index (χ1) is 13.8. The van der Waals surface area contributed by atoms with Crippen LogP contribution >= 0.6 is 0 Å². The van der Waals surface area contributed by atoms with Gasteiger partial charge < -0.3 is 20.9 Å². The van der Waals surface area contributed by atoms with Crippen molar-refractivity contribution in [3.63, 3.8) is 0 Å². The average molecular weight is 398 g/mol. The molecule has 0 saturated carbocycles. The predicted octanol–water partition coefficient (Wildman–Crippen LogP) is 3.08. The Balaban J connectivity index is 0.000000941. The molecule has 1 unspecified atom stereocenters. The number of piperazine rings is 1. The molecule has 1 saturated heterocycles. The van der Waals surface area contributed by atoms with Crippen molar-refractivity contribution >= 4 is 5.71 Å². The summed E-state index contributed by atoms with van der Waals surface area (Å²) in [6.07, 6.45) is 4.86. The monoisotopic (exact) mass is 397 g/mol. The van der Waals surface area contributed by atoms with Gasteiger partial charge in [0.2, 0.25) is 0 Å². The minimum absolute atomic E-state index is 0.213. The van der Waals surface area contributed by atoms with Crippen molar-refractivity contribution in [2.45, 2.75) is 46.8 Å². The summed E-state index contributed by atoms with van der Waals surface area (Å²) in [5.74, 6) is 0. The molecule has 0 aliphatic carbocycles. The van der Waals surface area contributed by atoms with Crippen LogP contribution in [0.2, 0.25) is 0 Å². The number of hydrogen-bond acceptors (Lipinski definition) is 5. The molecule has 29 heavy (non-hydrogen) atoms. The lowest BCUT2D eigenvalue weighted by atomic mass is 9.92. The summed E-state index contributed by atoms with van der Waals surface area (Å²) in [6, 6.07) is 4.65. The highest BCUT2D eigenvalue weighted by atomic mass is 15.2. The van der Waals surface area contributed by atoms with Crippen molar-refractivity contribution < 1.29 is 0 Å². The lowest BCUT2D eigenvalue weighted by Gasteiger charge is -2.34. The molecule has 160 valence electrons. The van der Waals surface area contributed by atoms with Gasteiger partial charge in [0.05, 0.1) is 11.9 Å². The van der Waals surface area contributed by atoms with E-state index in [0.717, 1.165) is 51.4 Å². The van der Waals surface area contributed by atoms with E-state index in [-0.39, 0.29) is 6.17 Å². The molecular weight excluding hydrogens is 358 g/mol. The highest BCUT2D eigenvalue weighted by molar-refractivity contribution is 6.10. The number of likely N-dealkylation sites (N-methyl/N-ethyl adjacent to an activating group) is 1. The quantitative estimate of drug-likeness (QED) is 0.606. The van der Waals surface area contributed by atoms with E-state index >= 15 is 0 Å². The fourth-order valence-electron chi connectivity index (χ4n) is 3.78. The molecule has 1 aromatic rings. The molecule has 5 heteroatoms. The molecule has 2 aliphatic heterocycles. The van der Waals surface area contributed by atoms with Crippen LogP contribution in [-0.2, 0) is 13.0 Å². The van der Waals surface area contributed by atoms with Gasteiger partial charge in [-0.15, -0.1) is 6.58 Å². The number of hydrogen-bond donors (Lipinski definition) is 2. The summed E-state index contributed by atoms with van der Waals surface area (Å²) >= 11 is 0. The van der Waals surface area contributed by atoms with E-state index in [9.17, 15) is 0 Å². The molecular formula is C24H39N5. The van der Waals surface area contributed by atoms with Crippen LogP contribution in [0.1, 0.15) is 43.0 Å². The molecule has 0 spiro atoms. The highest BCUT2D eigenvalue weighted by Crippen LogP contribution is 2.22. The molecule has 1 aromatic carbocycles. The van der Waals surface area contributed by atoms with E-state index in [1.807, 2.05) is 13.8 Å². The Labute approximate surface area is 177 Å². The Hall–Kier alpha value is -1.95. The van der Waals surface area contributed by atoms with Crippen molar-refractivity contribution in [1.82, 2.24) is 15.1 Å². The van der Waals surface area contributed by atoms with Gasteiger partial charge in [0.25, 0.3) is 0 Å². The van der Waals surface area contributed by atoms with Crippen LogP contribution in [0.5, 0.6) is 0 Å². The fourth-order valence-corrected chi connectivity index (χ4v) is 3.78. The molecule has 5 nitrogen and oxygen atoms in total. The Bertz CT molecular complexity index is 740. The molecule has 0 bridgehead atoms. The van der Waals surface area contributed by atoms with Gasteiger partial charge in [0, 0.05) is 44.0 Å². The zero-order valence-corrected chi connectivity index (χ0v) is 19.0. The molecule has 1 atom stereocenters. The summed E-state index contributed by atoms with van der Waals surface area (Å²) in [6.45, 7) is 17.9. The molecule has 2 aliphatic rings. The van der Waals surface area contributed by atoms with Crippen LogP contribution in [0.25, 0.3) is 0 Å². The number of nitrogens with one attached hydrogen (secondary N) is 1. The maximum Gasteiger partial charge on any atom is 0.0948 e. The van der Waals surface area contributed by atoms with Crippen LogP contribution in [0, 0.1) is 6.92 Å². The normalized spacial score (nSPS) is 19.2. The first kappa shape index (κ1) is 23.3. The van der Waals surface area contributed by atoms with E-state index in [1.54, 1.807) is 6.08 Å². The van der Waals surface area contributed by atoms with Crippen molar-refractivity contribution in [3.05, 3.63) is 58.8 Å². The van der Waals surface area contributed by atoms with Crippen molar-refractivity contribution in [3.8, 4) is 0 Å². The van der Waals surface area contributed by atoms with Crippen LogP contribution in [-0.4, -0.2) is 61.4 Å². The lowest BCUT2D eigenvalue weighted by molar-refractivity contribution is 0.187. The van der Waals surface area contributed by atoms with Crippen LogP contribution in [0.4, 0.5) is 0 Å². The van der Waals surface area contributed by atoms with Gasteiger partial charge >= 0.3 is 0 Å². The zero-order chi connectivity index (χ0) is 21.4. The van der Waals surface area contributed by atoms with Gasteiger partial charge in [0.15, 0.2) is 0 Å². The number of aliphatic imine (C=N–C) groups is 1. The second-order valence-electron chi connectivity index (χ2n) is 8.10. The first-order valence-corrected chi connectivity index (χ1v) is 10.7. The van der Waals surface area contributed by atoms with Crippen LogP contribution in [0.3, 0.4) is 0 Å². The molecule has 0 aromatic heterocycles. The molecule has 0 radical (unpaired) electrons. The topological polar surface area (TPSA) is 56.9 Å². The number of benzene rings is 1. The molecule has 2 heterocycles. The van der Waals surface area contributed by atoms with Gasteiger partial charge in [-0.25, -0.2) is 0 Å². The Morgan fingerprint density at radius 2 is 1.90 bits per heavy atom. The van der Waals surface area contributed by atoms with Crippen LogP contribution < -0.4 is 11.1 Å². The summed E-state index contributed by atoms with van der Waals surface area (Å²) in [5.41, 5.74) is 13.7. The smallest absolute Gasteiger partial charge is 0.0948 e.